The number of esters is 1. The molecule has 2 atom stereocenters. The molecule has 66 valence electrons. The van der Waals surface area contributed by atoms with Crippen molar-refractivity contribution in [3.63, 3.8) is 0 Å². The first-order chi connectivity index (χ1) is 5.64. The lowest BCUT2D eigenvalue weighted by molar-refractivity contribution is -0.154. The number of rotatable bonds is 2. The van der Waals surface area contributed by atoms with Crippen LogP contribution in [0.15, 0.2) is 12.2 Å². The zero-order valence-electron chi connectivity index (χ0n) is 7.13. The molecule has 0 aromatic heterocycles. The molecule has 1 saturated heterocycles. The van der Waals surface area contributed by atoms with E-state index in [2.05, 4.69) is 6.58 Å². The lowest BCUT2D eigenvalue weighted by Crippen LogP contribution is -2.20. The number of hydrogen-bond acceptors (Lipinski definition) is 3. The van der Waals surface area contributed by atoms with Crippen LogP contribution >= 0.6 is 0 Å². The summed E-state index contributed by atoms with van der Waals surface area (Å²) in [6.45, 7) is 5.16. The molecule has 1 saturated carbocycles. The summed E-state index contributed by atoms with van der Waals surface area (Å²) in [5, 5.41) is 0. The minimum atomic E-state index is -0.546. The van der Waals surface area contributed by atoms with Crippen molar-refractivity contribution in [2.45, 2.75) is 38.1 Å². The highest BCUT2D eigenvalue weighted by Crippen LogP contribution is 2.50. The third-order valence-electron chi connectivity index (χ3n) is 2.38. The Kier molecular flexibility index (Phi) is 1.51. The number of fused-ring (bicyclic) bond motifs is 1. The second kappa shape index (κ2) is 2.33. The van der Waals surface area contributed by atoms with E-state index < -0.39 is 5.79 Å². The number of carbonyl (C=O) groups is 1. The molecule has 3 nitrogen and oxygen atoms in total. The first-order valence-electron chi connectivity index (χ1n) is 4.21. The van der Waals surface area contributed by atoms with Crippen LogP contribution in [0.1, 0.15) is 26.2 Å². The summed E-state index contributed by atoms with van der Waals surface area (Å²) in [5.74, 6) is -0.879. The number of carbonyl (C=O) groups excluding carboxylic acids is 1. The van der Waals surface area contributed by atoms with Gasteiger partial charge in [-0.15, -0.1) is 0 Å². The molecule has 2 aliphatic rings. The SMILES string of the molecule is C=C(C)C(=O)OC12CCCC1O2. The van der Waals surface area contributed by atoms with E-state index in [9.17, 15) is 4.79 Å². The van der Waals surface area contributed by atoms with Gasteiger partial charge in [0.15, 0.2) is 0 Å². The summed E-state index contributed by atoms with van der Waals surface area (Å²) in [6, 6.07) is 0. The molecule has 1 aliphatic carbocycles. The van der Waals surface area contributed by atoms with Gasteiger partial charge in [0.1, 0.15) is 6.10 Å². The summed E-state index contributed by atoms with van der Waals surface area (Å²) in [6.07, 6.45) is 3.12. The van der Waals surface area contributed by atoms with Crippen molar-refractivity contribution in [3.05, 3.63) is 12.2 Å². The lowest BCUT2D eigenvalue weighted by Gasteiger charge is -2.09. The minimum Gasteiger partial charge on any atom is -0.427 e. The van der Waals surface area contributed by atoms with E-state index in [4.69, 9.17) is 9.47 Å². The van der Waals surface area contributed by atoms with Crippen LogP contribution in [0.2, 0.25) is 0 Å². The molecular weight excluding hydrogens is 156 g/mol. The van der Waals surface area contributed by atoms with Gasteiger partial charge in [0, 0.05) is 12.0 Å². The topological polar surface area (TPSA) is 38.8 Å². The van der Waals surface area contributed by atoms with Gasteiger partial charge in [-0.05, 0) is 19.8 Å². The first-order valence-corrected chi connectivity index (χ1v) is 4.21. The van der Waals surface area contributed by atoms with Crippen molar-refractivity contribution in [2.24, 2.45) is 0 Å². The second-order valence-corrected chi connectivity index (χ2v) is 3.48. The Hall–Kier alpha value is -0.830. The quantitative estimate of drug-likeness (QED) is 0.355. The van der Waals surface area contributed by atoms with Gasteiger partial charge in [-0.1, -0.05) is 6.58 Å². The summed E-state index contributed by atoms with van der Waals surface area (Å²) in [4.78, 5) is 11.1. The molecule has 12 heavy (non-hydrogen) atoms. The lowest BCUT2D eigenvalue weighted by atomic mass is 10.3. The van der Waals surface area contributed by atoms with Gasteiger partial charge in [0.25, 0.3) is 0 Å². The minimum absolute atomic E-state index is 0.167. The summed E-state index contributed by atoms with van der Waals surface area (Å²) >= 11 is 0. The molecule has 2 unspecified atom stereocenters. The van der Waals surface area contributed by atoms with Gasteiger partial charge in [0.2, 0.25) is 5.79 Å². The molecule has 0 aromatic rings. The standard InChI is InChI=1S/C9H12O3/c1-6(2)8(10)12-9-5-3-4-7(9)11-9/h7H,1,3-5H2,2H3. The van der Waals surface area contributed by atoms with E-state index in [-0.39, 0.29) is 12.1 Å². The van der Waals surface area contributed by atoms with Crippen molar-refractivity contribution >= 4 is 5.97 Å². The zero-order chi connectivity index (χ0) is 8.77. The van der Waals surface area contributed by atoms with Crippen LogP contribution in [0, 0.1) is 0 Å². The van der Waals surface area contributed by atoms with Crippen LogP contribution < -0.4 is 0 Å². The highest BCUT2D eigenvalue weighted by molar-refractivity contribution is 5.87. The van der Waals surface area contributed by atoms with Crippen molar-refractivity contribution in [1.29, 1.82) is 0 Å². The third kappa shape index (κ3) is 1.05. The highest BCUT2D eigenvalue weighted by atomic mass is 16.8. The Morgan fingerprint density at radius 1 is 1.75 bits per heavy atom. The van der Waals surface area contributed by atoms with Gasteiger partial charge >= 0.3 is 5.97 Å². The maximum Gasteiger partial charge on any atom is 0.335 e. The van der Waals surface area contributed by atoms with E-state index in [1.54, 1.807) is 6.92 Å². The van der Waals surface area contributed by atoms with E-state index in [1.807, 2.05) is 0 Å². The Labute approximate surface area is 71.3 Å². The van der Waals surface area contributed by atoms with E-state index in [0.29, 0.717) is 5.57 Å². The average molecular weight is 168 g/mol. The molecule has 0 bridgehead atoms. The first kappa shape index (κ1) is 7.80. The van der Waals surface area contributed by atoms with Crippen LogP contribution in [-0.2, 0) is 14.3 Å². The van der Waals surface area contributed by atoms with Gasteiger partial charge in [-0.25, -0.2) is 4.79 Å². The Morgan fingerprint density at radius 3 is 2.92 bits per heavy atom. The van der Waals surface area contributed by atoms with E-state index >= 15 is 0 Å². The Morgan fingerprint density at radius 2 is 2.50 bits per heavy atom. The predicted molar refractivity (Wildman–Crippen MR) is 42.4 cm³/mol. The normalized spacial score (nSPS) is 37.2. The molecule has 0 radical (unpaired) electrons. The average Bonchev–Trinajstić information content (AvgIpc) is 2.53. The fourth-order valence-electron chi connectivity index (χ4n) is 1.62. The third-order valence-corrected chi connectivity index (χ3v) is 2.38. The summed E-state index contributed by atoms with van der Waals surface area (Å²) < 4.78 is 10.5. The second-order valence-electron chi connectivity index (χ2n) is 3.48. The van der Waals surface area contributed by atoms with Gasteiger partial charge in [-0.3, -0.25) is 0 Å². The van der Waals surface area contributed by atoms with Crippen LogP contribution in [0.5, 0.6) is 0 Å². The summed E-state index contributed by atoms with van der Waals surface area (Å²) in [5.41, 5.74) is 0.436. The fraction of sp³-hybridized carbons (Fsp3) is 0.667. The molecule has 1 heterocycles. The van der Waals surface area contributed by atoms with Crippen molar-refractivity contribution in [2.75, 3.05) is 0 Å². The number of hydrogen-bond donors (Lipinski definition) is 0. The summed E-state index contributed by atoms with van der Waals surface area (Å²) in [7, 11) is 0. The molecule has 3 heteroatoms. The molecule has 2 fully saturated rings. The van der Waals surface area contributed by atoms with Gasteiger partial charge in [0.05, 0.1) is 0 Å². The molecule has 1 aliphatic heterocycles. The smallest absolute Gasteiger partial charge is 0.335 e. The van der Waals surface area contributed by atoms with Crippen LogP contribution in [0.4, 0.5) is 0 Å². The highest BCUT2D eigenvalue weighted by Gasteiger charge is 2.63. The molecule has 2 rings (SSSR count). The van der Waals surface area contributed by atoms with Crippen molar-refractivity contribution in [1.82, 2.24) is 0 Å². The number of epoxide rings is 1. The van der Waals surface area contributed by atoms with Crippen LogP contribution in [0.3, 0.4) is 0 Å². The van der Waals surface area contributed by atoms with E-state index in [0.717, 1.165) is 19.3 Å². The maximum atomic E-state index is 11.1. The van der Waals surface area contributed by atoms with Gasteiger partial charge in [-0.2, -0.15) is 0 Å². The largest absolute Gasteiger partial charge is 0.427 e. The maximum absolute atomic E-state index is 11.1. The molecular formula is C9H12O3. The van der Waals surface area contributed by atoms with Crippen molar-refractivity contribution in [3.8, 4) is 0 Å². The fourth-order valence-corrected chi connectivity index (χ4v) is 1.62. The van der Waals surface area contributed by atoms with Gasteiger partial charge < -0.3 is 9.47 Å². The molecule has 0 N–H and O–H groups in total. The molecule has 0 aromatic carbocycles. The zero-order valence-corrected chi connectivity index (χ0v) is 7.13. The number of ether oxygens (including phenoxy) is 2. The van der Waals surface area contributed by atoms with Crippen LogP contribution in [0.25, 0.3) is 0 Å². The Bertz CT molecular complexity index is 246. The Balaban J connectivity index is 1.96. The van der Waals surface area contributed by atoms with E-state index in [1.165, 1.54) is 0 Å². The van der Waals surface area contributed by atoms with Crippen LogP contribution in [-0.4, -0.2) is 17.9 Å². The molecule has 0 spiro atoms. The molecule has 0 amide bonds. The monoisotopic (exact) mass is 168 g/mol. The predicted octanol–water partition coefficient (Wildman–Crippen LogP) is 1.38. The van der Waals surface area contributed by atoms with Crippen molar-refractivity contribution < 1.29 is 14.3 Å².